The Hall–Kier alpha value is -2.90. The molecule has 2 saturated carbocycles. The number of H-pyrrole nitrogens is 1. The Morgan fingerprint density at radius 3 is 2.80 bits per heavy atom. The maximum Gasteiger partial charge on any atom is 0.410 e. The van der Waals surface area contributed by atoms with Crippen molar-refractivity contribution in [2.24, 2.45) is 23.7 Å². The third-order valence-corrected chi connectivity index (χ3v) is 7.40. The quantitative estimate of drug-likeness (QED) is 0.845. The average Bonchev–Trinajstić information content (AvgIpc) is 3.12. The van der Waals surface area contributed by atoms with Crippen LogP contribution in [0.5, 0.6) is 0 Å². The number of carbonyl (C=O) groups is 2. The molecule has 8 nitrogen and oxygen atoms in total. The van der Waals surface area contributed by atoms with Gasteiger partial charge >= 0.3 is 6.09 Å². The highest BCUT2D eigenvalue weighted by atomic mass is 16.6. The molecule has 2 unspecified atom stereocenters. The molecule has 8 heteroatoms. The molecule has 1 aromatic heterocycles. The van der Waals surface area contributed by atoms with Crippen LogP contribution < -0.4 is 0 Å². The van der Waals surface area contributed by atoms with Gasteiger partial charge in [-0.3, -0.25) is 9.89 Å². The van der Waals surface area contributed by atoms with Crippen LogP contribution in [0.15, 0.2) is 30.0 Å². The van der Waals surface area contributed by atoms with E-state index in [1.165, 1.54) is 25.7 Å². The normalized spacial score (nSPS) is 29.5. The zero-order valence-electron chi connectivity index (χ0n) is 16.8. The van der Waals surface area contributed by atoms with Crippen molar-refractivity contribution in [1.82, 2.24) is 25.2 Å². The van der Waals surface area contributed by atoms with Crippen molar-refractivity contribution in [2.75, 3.05) is 26.2 Å². The van der Waals surface area contributed by atoms with Crippen molar-refractivity contribution in [3.63, 3.8) is 0 Å². The lowest BCUT2D eigenvalue weighted by atomic mass is 10.0. The predicted molar refractivity (Wildman–Crippen MR) is 108 cm³/mol. The number of amides is 2. The van der Waals surface area contributed by atoms with Gasteiger partial charge in [-0.1, -0.05) is 18.1 Å². The molecule has 3 fully saturated rings. The number of rotatable bonds is 3. The van der Waals surface area contributed by atoms with Gasteiger partial charge < -0.3 is 14.5 Å². The molecule has 0 radical (unpaired) electrons. The fourth-order valence-electron chi connectivity index (χ4n) is 5.68. The lowest BCUT2D eigenvalue weighted by Crippen LogP contribution is -2.33. The lowest BCUT2D eigenvalue weighted by molar-refractivity contribution is 0.0816. The summed E-state index contributed by atoms with van der Waals surface area (Å²) in [7, 11) is 0. The van der Waals surface area contributed by atoms with E-state index in [1.807, 2.05) is 12.3 Å². The van der Waals surface area contributed by atoms with Crippen LogP contribution in [0.3, 0.4) is 0 Å². The van der Waals surface area contributed by atoms with E-state index in [9.17, 15) is 9.59 Å². The summed E-state index contributed by atoms with van der Waals surface area (Å²) >= 11 is 0. The molecule has 2 amide bonds. The second-order valence-electron chi connectivity index (χ2n) is 9.14. The molecule has 1 aromatic carbocycles. The van der Waals surface area contributed by atoms with Crippen LogP contribution in [0.25, 0.3) is 11.0 Å². The summed E-state index contributed by atoms with van der Waals surface area (Å²) in [6, 6.07) is 5.36. The zero-order chi connectivity index (χ0) is 20.2. The molecule has 4 aliphatic rings. The average molecular weight is 407 g/mol. The number of benzene rings is 1. The number of fused-ring (bicyclic) bond motifs is 3. The van der Waals surface area contributed by atoms with Crippen molar-refractivity contribution in [1.29, 1.82) is 0 Å². The van der Waals surface area contributed by atoms with Crippen LogP contribution in [0, 0.1) is 23.7 Å². The monoisotopic (exact) mass is 407 g/mol. The van der Waals surface area contributed by atoms with E-state index in [0.717, 1.165) is 22.9 Å². The number of carbonyl (C=O) groups excluding carboxylic acids is 2. The molecule has 2 aromatic rings. The molecule has 156 valence electrons. The predicted octanol–water partition coefficient (Wildman–Crippen LogP) is 2.80. The van der Waals surface area contributed by atoms with Gasteiger partial charge in [0.25, 0.3) is 5.91 Å². The zero-order valence-corrected chi connectivity index (χ0v) is 16.8. The molecule has 0 bridgehead atoms. The van der Waals surface area contributed by atoms with Crippen LogP contribution in [0.2, 0.25) is 0 Å². The van der Waals surface area contributed by atoms with Gasteiger partial charge in [0.15, 0.2) is 0 Å². The Morgan fingerprint density at radius 1 is 1.17 bits per heavy atom. The molecule has 3 atom stereocenters. The maximum absolute atomic E-state index is 12.9. The van der Waals surface area contributed by atoms with Crippen LogP contribution in [-0.4, -0.2) is 63.5 Å². The number of nitrogens with one attached hydrogen (secondary N) is 1. The van der Waals surface area contributed by atoms with Gasteiger partial charge in [-0.2, -0.15) is 0 Å². The minimum absolute atomic E-state index is 0.0488. The Morgan fingerprint density at radius 2 is 2.00 bits per heavy atom. The van der Waals surface area contributed by atoms with Crippen LogP contribution in [-0.2, 0) is 4.74 Å². The summed E-state index contributed by atoms with van der Waals surface area (Å²) < 4.78 is 5.65. The Balaban J connectivity index is 1.06. The summed E-state index contributed by atoms with van der Waals surface area (Å²) in [6.07, 6.45) is 6.97. The second kappa shape index (κ2) is 6.82. The molecular formula is C22H25N5O3. The Kier molecular flexibility index (Phi) is 4.07. The van der Waals surface area contributed by atoms with Crippen LogP contribution in [0.4, 0.5) is 4.79 Å². The Labute approximate surface area is 174 Å². The topological polar surface area (TPSA) is 91.4 Å². The summed E-state index contributed by atoms with van der Waals surface area (Å²) in [4.78, 5) is 28.9. The number of aromatic amines is 1. The van der Waals surface area contributed by atoms with Crippen molar-refractivity contribution >= 4 is 23.0 Å². The van der Waals surface area contributed by atoms with E-state index in [0.29, 0.717) is 43.2 Å². The van der Waals surface area contributed by atoms with Gasteiger partial charge in [0, 0.05) is 37.3 Å². The third-order valence-electron chi connectivity index (χ3n) is 7.40. The van der Waals surface area contributed by atoms with E-state index in [4.69, 9.17) is 4.74 Å². The minimum Gasteiger partial charge on any atom is -0.449 e. The molecule has 3 heterocycles. The number of nitrogens with zero attached hydrogens (tertiary/aromatic N) is 4. The highest BCUT2D eigenvalue weighted by molar-refractivity contribution is 5.98. The van der Waals surface area contributed by atoms with E-state index in [-0.39, 0.29) is 17.9 Å². The summed E-state index contributed by atoms with van der Waals surface area (Å²) in [5, 5.41) is 10.5. The molecule has 2 aliphatic heterocycles. The molecule has 2 aliphatic carbocycles. The molecular weight excluding hydrogens is 382 g/mol. The van der Waals surface area contributed by atoms with Gasteiger partial charge in [0.2, 0.25) is 0 Å². The van der Waals surface area contributed by atoms with E-state index >= 15 is 0 Å². The molecule has 0 spiro atoms. The number of aromatic nitrogens is 3. The van der Waals surface area contributed by atoms with Crippen LogP contribution >= 0.6 is 0 Å². The van der Waals surface area contributed by atoms with Crippen molar-refractivity contribution in [2.45, 2.75) is 25.7 Å². The lowest BCUT2D eigenvalue weighted by Gasteiger charge is -2.19. The number of ether oxygens (including phenoxy) is 1. The second-order valence-corrected chi connectivity index (χ2v) is 9.14. The van der Waals surface area contributed by atoms with Crippen molar-refractivity contribution in [3.8, 4) is 0 Å². The van der Waals surface area contributed by atoms with E-state index in [1.54, 1.807) is 21.9 Å². The first-order chi connectivity index (χ1) is 14.7. The van der Waals surface area contributed by atoms with Crippen LogP contribution in [0.1, 0.15) is 36.0 Å². The van der Waals surface area contributed by atoms with Gasteiger partial charge in [-0.25, -0.2) is 4.79 Å². The molecule has 30 heavy (non-hydrogen) atoms. The summed E-state index contributed by atoms with van der Waals surface area (Å²) in [5.41, 5.74) is 3.21. The highest BCUT2D eigenvalue weighted by Crippen LogP contribution is 2.55. The Bertz CT molecular complexity index is 1030. The first kappa shape index (κ1) is 17.9. The fourth-order valence-corrected chi connectivity index (χ4v) is 5.68. The third kappa shape index (κ3) is 2.97. The first-order valence-corrected chi connectivity index (χ1v) is 10.9. The van der Waals surface area contributed by atoms with Gasteiger partial charge in [0.1, 0.15) is 5.52 Å². The van der Waals surface area contributed by atoms with E-state index in [2.05, 4.69) is 15.4 Å². The summed E-state index contributed by atoms with van der Waals surface area (Å²) in [5.74, 6) is 2.33. The minimum atomic E-state index is -0.205. The number of hydrogen-bond acceptors (Lipinski definition) is 5. The van der Waals surface area contributed by atoms with Crippen molar-refractivity contribution in [3.05, 3.63) is 35.5 Å². The summed E-state index contributed by atoms with van der Waals surface area (Å²) in [6.45, 7) is 2.34. The molecule has 6 rings (SSSR count). The first-order valence-electron chi connectivity index (χ1n) is 10.9. The number of hydrogen-bond donors (Lipinski definition) is 1. The van der Waals surface area contributed by atoms with Gasteiger partial charge in [-0.05, 0) is 54.4 Å². The standard InChI is InChI=1S/C22H25N5O3/c28-21(13-5-6-19-20(7-13)24-25-23-19)26-8-14-10-27(11-15(14)9-26)22(29)30-12-18-16-3-1-2-4-17(16)18/h5-8,15-18H,1-4,9-12H2,(H,23,24,25)/t15-,16?,17?,18?/m0/s1. The fraction of sp³-hybridized carbons (Fsp3) is 0.545. The van der Waals surface area contributed by atoms with Gasteiger partial charge in [0.05, 0.1) is 12.1 Å². The highest BCUT2D eigenvalue weighted by Gasteiger charge is 2.51. The molecule has 1 saturated heterocycles. The largest absolute Gasteiger partial charge is 0.449 e. The number of likely N-dealkylation sites (tertiary alicyclic amines) is 1. The maximum atomic E-state index is 12.9. The smallest absolute Gasteiger partial charge is 0.410 e. The van der Waals surface area contributed by atoms with Gasteiger partial charge in [-0.15, -0.1) is 5.10 Å². The SMILES string of the molecule is O=C(c1ccc2[nH]nnc2c1)N1C=C2CN(C(=O)OCC3C4CCCCC43)C[C@@H]2C1. The van der Waals surface area contributed by atoms with Crippen molar-refractivity contribution < 1.29 is 14.3 Å². The van der Waals surface area contributed by atoms with E-state index < -0.39 is 0 Å². The molecule has 1 N–H and O–H groups in total.